The molecule has 4 atom stereocenters. The Balaban J connectivity index is 0.871. The van der Waals surface area contributed by atoms with Gasteiger partial charge in [0.25, 0.3) is 11.8 Å². The Morgan fingerprint density at radius 2 is 1.25 bits per heavy atom. The number of imide groups is 1. The Bertz CT molecular complexity index is 2960. The molecule has 0 radical (unpaired) electrons. The minimum absolute atomic E-state index is 0.0530. The SMILES string of the molecule is CC(NC(=O)C(NC(=O)CCCCCN1C(=O)C=CC1=O)C(C)C)C(=O)Nc1cc2c(c3ccccc13)C(CCl)CN2C(=O)C12CC(C(=O)N3CC(CCl)c4c3cc(OP(=O)(O)O)c3ccccc43)(C1)C2. The molecule has 4 aromatic carbocycles. The maximum absolute atomic E-state index is 14.8. The third-order valence-corrected chi connectivity index (χ3v) is 16.0. The largest absolute Gasteiger partial charge is 0.524 e. The Hall–Kier alpha value is -5.84. The summed E-state index contributed by atoms with van der Waals surface area (Å²) in [7, 11) is -4.96. The average Bonchev–Trinajstić information content (AvgIpc) is 3.98. The lowest BCUT2D eigenvalue weighted by Crippen LogP contribution is -2.73. The fourth-order valence-electron chi connectivity index (χ4n) is 11.4. The van der Waals surface area contributed by atoms with Crippen LogP contribution in [0.4, 0.5) is 17.1 Å². The Morgan fingerprint density at radius 1 is 0.732 bits per heavy atom. The Kier molecular flexibility index (Phi) is 13.6. The molecule has 0 spiro atoms. The Morgan fingerprint density at radius 3 is 1.79 bits per heavy atom. The molecule has 17 nitrogen and oxygen atoms in total. The number of nitrogens with zero attached hydrogens (tertiary/aromatic N) is 3. The van der Waals surface area contributed by atoms with Crippen LogP contribution in [-0.2, 0) is 38.1 Å². The quantitative estimate of drug-likeness (QED) is 0.0303. The van der Waals surface area contributed by atoms with Crippen LogP contribution in [0.5, 0.6) is 5.75 Å². The van der Waals surface area contributed by atoms with Crippen molar-refractivity contribution in [2.45, 2.75) is 89.6 Å². The van der Waals surface area contributed by atoms with Gasteiger partial charge in [0.05, 0.1) is 22.2 Å². The lowest BCUT2D eigenvalue weighted by molar-refractivity contribution is -0.205. The van der Waals surface area contributed by atoms with Gasteiger partial charge in [-0.05, 0) is 72.9 Å². The maximum atomic E-state index is 14.8. The molecule has 2 bridgehead atoms. The third kappa shape index (κ3) is 9.20. The van der Waals surface area contributed by atoms with Crippen LogP contribution in [0.1, 0.15) is 88.7 Å². The second-order valence-corrected chi connectivity index (χ2v) is 21.7. The molecule has 6 aliphatic rings. The predicted octanol–water partition coefficient (Wildman–Crippen LogP) is 6.74. The van der Waals surface area contributed by atoms with Crippen molar-refractivity contribution in [1.82, 2.24) is 15.5 Å². The van der Waals surface area contributed by atoms with Gasteiger partial charge in [0, 0.05) is 84.3 Å². The first-order valence-corrected chi connectivity index (χ1v) is 26.4. The molecular formula is C51H55Cl2N6O11P. The summed E-state index contributed by atoms with van der Waals surface area (Å²) < 4.78 is 17.2. The topological polar surface area (TPSA) is 232 Å². The number of carbonyl (C=O) groups excluding carboxylic acids is 7. The summed E-state index contributed by atoms with van der Waals surface area (Å²) >= 11 is 13.1. The molecule has 0 aromatic heterocycles. The van der Waals surface area contributed by atoms with E-state index in [-0.39, 0.29) is 84.3 Å². The highest BCUT2D eigenvalue weighted by Gasteiger charge is 2.76. The summed E-state index contributed by atoms with van der Waals surface area (Å²) in [6.45, 7) is 5.93. The van der Waals surface area contributed by atoms with Gasteiger partial charge in [-0.15, -0.1) is 23.2 Å². The van der Waals surface area contributed by atoms with Crippen molar-refractivity contribution in [3.05, 3.63) is 83.9 Å². The predicted molar refractivity (Wildman–Crippen MR) is 268 cm³/mol. The van der Waals surface area contributed by atoms with Crippen LogP contribution < -0.4 is 30.3 Å². The molecule has 3 aliphatic carbocycles. The third-order valence-electron chi connectivity index (χ3n) is 14.8. The Labute approximate surface area is 419 Å². The zero-order valence-electron chi connectivity index (χ0n) is 39.4. The van der Waals surface area contributed by atoms with Gasteiger partial charge in [-0.2, -0.15) is 0 Å². The van der Waals surface area contributed by atoms with E-state index in [9.17, 15) is 47.9 Å². The van der Waals surface area contributed by atoms with E-state index in [0.717, 1.165) is 21.4 Å². The highest BCUT2D eigenvalue weighted by atomic mass is 35.5. The lowest BCUT2D eigenvalue weighted by Gasteiger charge is -2.69. The molecular weight excluding hydrogens is 974 g/mol. The lowest BCUT2D eigenvalue weighted by atomic mass is 9.34. The monoisotopic (exact) mass is 1030 g/mol. The number of fused-ring (bicyclic) bond motifs is 6. The van der Waals surface area contributed by atoms with Crippen molar-refractivity contribution in [2.75, 3.05) is 46.5 Å². The van der Waals surface area contributed by atoms with Crippen LogP contribution in [0.3, 0.4) is 0 Å². The summed E-state index contributed by atoms with van der Waals surface area (Å²) in [5.74, 6) is -2.87. The highest BCUT2D eigenvalue weighted by Crippen LogP contribution is 2.75. The smallest absolute Gasteiger partial charge is 0.404 e. The van der Waals surface area contributed by atoms with E-state index in [1.54, 1.807) is 54.8 Å². The van der Waals surface area contributed by atoms with Crippen LogP contribution in [0.2, 0.25) is 0 Å². The summed E-state index contributed by atoms with van der Waals surface area (Å²) in [6.07, 6.45) is 5.12. The van der Waals surface area contributed by atoms with Crippen LogP contribution >= 0.6 is 31.0 Å². The highest BCUT2D eigenvalue weighted by molar-refractivity contribution is 7.46. The second kappa shape index (κ2) is 19.3. The summed E-state index contributed by atoms with van der Waals surface area (Å²) in [6, 6.07) is 15.8. The number of benzene rings is 4. The van der Waals surface area contributed by atoms with E-state index >= 15 is 0 Å². The van der Waals surface area contributed by atoms with Gasteiger partial charge in [-0.1, -0.05) is 68.8 Å². The average molecular weight is 1030 g/mol. The fraction of sp³-hybridized carbons (Fsp3) is 0.431. The van der Waals surface area contributed by atoms with Crippen molar-refractivity contribution >= 4 is 111 Å². The molecule has 3 fully saturated rings. The molecule has 71 heavy (non-hydrogen) atoms. The van der Waals surface area contributed by atoms with Crippen molar-refractivity contribution < 1.29 is 52.4 Å². The minimum atomic E-state index is -4.96. The molecule has 3 aliphatic heterocycles. The van der Waals surface area contributed by atoms with Gasteiger partial charge in [-0.3, -0.25) is 48.2 Å². The molecule has 4 aromatic rings. The van der Waals surface area contributed by atoms with Crippen LogP contribution in [0.15, 0.2) is 72.8 Å². The summed E-state index contributed by atoms with van der Waals surface area (Å²) in [5, 5.41) is 11.2. The molecule has 20 heteroatoms. The number of halogens is 2. The van der Waals surface area contributed by atoms with Crippen molar-refractivity contribution in [2.24, 2.45) is 16.7 Å². The van der Waals surface area contributed by atoms with E-state index in [0.29, 0.717) is 78.3 Å². The first-order valence-electron chi connectivity index (χ1n) is 23.8. The van der Waals surface area contributed by atoms with Crippen LogP contribution in [-0.4, -0.2) is 99.5 Å². The molecule has 374 valence electrons. The molecule has 5 N–H and O–H groups in total. The van der Waals surface area contributed by atoms with Crippen LogP contribution in [0.25, 0.3) is 21.5 Å². The van der Waals surface area contributed by atoms with Gasteiger partial charge in [0.1, 0.15) is 17.8 Å². The van der Waals surface area contributed by atoms with Gasteiger partial charge < -0.3 is 30.3 Å². The van der Waals surface area contributed by atoms with E-state index in [1.807, 2.05) is 30.3 Å². The number of hydrogen-bond acceptors (Lipinski definition) is 9. The molecule has 3 saturated carbocycles. The maximum Gasteiger partial charge on any atom is 0.524 e. The van der Waals surface area contributed by atoms with Crippen LogP contribution in [0, 0.1) is 16.7 Å². The van der Waals surface area contributed by atoms with Crippen molar-refractivity contribution in [3.8, 4) is 5.75 Å². The van der Waals surface area contributed by atoms with Gasteiger partial charge in [0.2, 0.25) is 29.5 Å². The second-order valence-electron chi connectivity index (χ2n) is 19.9. The zero-order chi connectivity index (χ0) is 50.7. The molecule has 0 saturated heterocycles. The minimum Gasteiger partial charge on any atom is -0.404 e. The summed E-state index contributed by atoms with van der Waals surface area (Å²) in [5.41, 5.74) is 1.51. The normalized spacial score (nSPS) is 22.8. The van der Waals surface area contributed by atoms with E-state index < -0.39 is 42.6 Å². The van der Waals surface area contributed by atoms with Gasteiger partial charge in [0.15, 0.2) is 0 Å². The van der Waals surface area contributed by atoms with E-state index in [1.165, 1.54) is 18.2 Å². The van der Waals surface area contributed by atoms with Crippen molar-refractivity contribution in [3.63, 3.8) is 0 Å². The molecule has 7 amide bonds. The van der Waals surface area contributed by atoms with Gasteiger partial charge >= 0.3 is 7.82 Å². The fourth-order valence-corrected chi connectivity index (χ4v) is 12.3. The molecule has 4 unspecified atom stereocenters. The number of phosphoric ester groups is 1. The number of unbranched alkanes of at least 4 members (excludes halogenated alkanes) is 2. The zero-order valence-corrected chi connectivity index (χ0v) is 41.8. The number of anilines is 3. The number of phosphoric acid groups is 1. The number of nitrogens with one attached hydrogen (secondary N) is 3. The first kappa shape index (κ1) is 50.1. The first-order chi connectivity index (χ1) is 33.8. The van der Waals surface area contributed by atoms with E-state index in [2.05, 4.69) is 16.0 Å². The number of rotatable bonds is 18. The molecule has 10 rings (SSSR count). The van der Waals surface area contributed by atoms with E-state index in [4.69, 9.17) is 27.7 Å². The summed E-state index contributed by atoms with van der Waals surface area (Å²) in [4.78, 5) is 117. The standard InChI is InChI=1S/C51H55Cl2N6O11P/c1-28(2)45(56-40(60)15-5-4-10-18-57-41(61)16-17-42(57)62)47(64)54-29(3)46(63)55-36-19-37-43(34-13-8-6-11-32(34)36)30(21-52)23-58(37)48(65)50-25-51(26-50,27-50)49(66)59-24-31(22-53)44-35-14-9-7-12-33(35)39(20-38(44)59)70-71(67,68)69/h6-9,11-14,16-17,19-20,28-31,45H,4-5,10,15,18,21-27H2,1-3H3,(H,54,64)(H,55,63)(H,56,60)(H2,67,68,69). The number of hydrogen-bond donors (Lipinski definition) is 5. The number of carbonyl (C=O) groups is 7. The van der Waals surface area contributed by atoms with Crippen molar-refractivity contribution in [1.29, 1.82) is 0 Å². The molecule has 3 heterocycles. The number of alkyl halides is 2. The number of amides is 7. The van der Waals surface area contributed by atoms with Gasteiger partial charge in [-0.25, -0.2) is 4.57 Å².